The molecule has 1 atom stereocenters. The molecule has 0 amide bonds. The highest BCUT2D eigenvalue weighted by atomic mass is 32.2. The Morgan fingerprint density at radius 2 is 1.78 bits per heavy atom. The molecule has 0 aliphatic carbocycles. The van der Waals surface area contributed by atoms with Crippen molar-refractivity contribution in [2.24, 2.45) is 5.73 Å². The Balaban J connectivity index is 2.42. The number of hydrogen-bond donors (Lipinski definition) is 1. The average Bonchev–Trinajstić information content (AvgIpc) is 2.30. The molecule has 2 N–H and O–H groups in total. The molecule has 0 saturated carbocycles. The van der Waals surface area contributed by atoms with E-state index in [-0.39, 0.29) is 17.5 Å². The van der Waals surface area contributed by atoms with E-state index >= 15 is 0 Å². The smallest absolute Gasteiger partial charge is 0.150 e. The molecule has 0 bridgehead atoms. The van der Waals surface area contributed by atoms with Crippen LogP contribution in [0.15, 0.2) is 24.3 Å². The van der Waals surface area contributed by atoms with Gasteiger partial charge in [0.15, 0.2) is 0 Å². The maximum atomic E-state index is 11.6. The lowest BCUT2D eigenvalue weighted by molar-refractivity contribution is 0.579. The van der Waals surface area contributed by atoms with Gasteiger partial charge in [0, 0.05) is 11.8 Å². The van der Waals surface area contributed by atoms with Gasteiger partial charge in [-0.1, -0.05) is 36.8 Å². The molecule has 1 rings (SSSR count). The minimum Gasteiger partial charge on any atom is -0.327 e. The fourth-order valence-electron chi connectivity index (χ4n) is 1.87. The molecule has 0 aromatic heterocycles. The monoisotopic (exact) mass is 269 g/mol. The third-order valence-corrected chi connectivity index (χ3v) is 4.82. The van der Waals surface area contributed by atoms with E-state index in [1.807, 2.05) is 13.8 Å². The first-order valence-electron chi connectivity index (χ1n) is 6.44. The van der Waals surface area contributed by atoms with Crippen LogP contribution in [0.25, 0.3) is 0 Å². The maximum Gasteiger partial charge on any atom is 0.150 e. The van der Waals surface area contributed by atoms with Crippen LogP contribution >= 0.6 is 0 Å². The summed E-state index contributed by atoms with van der Waals surface area (Å²) in [6.45, 7) is 3.92. The van der Waals surface area contributed by atoms with Crippen molar-refractivity contribution >= 4 is 9.84 Å². The van der Waals surface area contributed by atoms with E-state index in [1.54, 1.807) is 0 Å². The van der Waals surface area contributed by atoms with E-state index in [9.17, 15) is 8.42 Å². The summed E-state index contributed by atoms with van der Waals surface area (Å²) in [4.78, 5) is 0. The average molecular weight is 269 g/mol. The van der Waals surface area contributed by atoms with Gasteiger partial charge in [0.2, 0.25) is 0 Å². The van der Waals surface area contributed by atoms with Crippen molar-refractivity contribution in [3.63, 3.8) is 0 Å². The zero-order valence-electron chi connectivity index (χ0n) is 11.2. The lowest BCUT2D eigenvalue weighted by atomic mass is 10.0. The van der Waals surface area contributed by atoms with Gasteiger partial charge in [-0.25, -0.2) is 8.42 Å². The first-order valence-corrected chi connectivity index (χ1v) is 8.26. The molecule has 0 aliphatic heterocycles. The van der Waals surface area contributed by atoms with Crippen LogP contribution in [0.1, 0.15) is 30.9 Å². The number of rotatable bonds is 7. The molecule has 3 nitrogen and oxygen atoms in total. The van der Waals surface area contributed by atoms with E-state index in [0.717, 1.165) is 6.42 Å². The second-order valence-corrected chi connectivity index (χ2v) is 7.19. The molecule has 0 aliphatic rings. The van der Waals surface area contributed by atoms with Gasteiger partial charge in [0.25, 0.3) is 0 Å². The van der Waals surface area contributed by atoms with E-state index in [4.69, 9.17) is 5.73 Å². The summed E-state index contributed by atoms with van der Waals surface area (Å²) in [6, 6.07) is 8.12. The lowest BCUT2D eigenvalue weighted by Gasteiger charge is -2.12. The summed E-state index contributed by atoms with van der Waals surface area (Å²) < 4.78 is 23.2. The zero-order valence-corrected chi connectivity index (χ0v) is 12.0. The van der Waals surface area contributed by atoms with Crippen molar-refractivity contribution < 1.29 is 8.42 Å². The van der Waals surface area contributed by atoms with Gasteiger partial charge in [0.05, 0.1) is 5.75 Å². The molecule has 0 spiro atoms. The third kappa shape index (κ3) is 5.65. The molecule has 0 radical (unpaired) electrons. The first-order chi connectivity index (χ1) is 8.43. The molecule has 1 aromatic rings. The van der Waals surface area contributed by atoms with Crippen molar-refractivity contribution in [3.05, 3.63) is 35.4 Å². The topological polar surface area (TPSA) is 60.2 Å². The normalized spacial score (nSPS) is 13.5. The number of nitrogens with two attached hydrogens (primary N) is 1. The van der Waals surface area contributed by atoms with Crippen LogP contribution in [0.4, 0.5) is 0 Å². The number of sulfone groups is 1. The van der Waals surface area contributed by atoms with Crippen molar-refractivity contribution in [2.75, 3.05) is 11.5 Å². The van der Waals surface area contributed by atoms with Crippen molar-refractivity contribution in [2.45, 2.75) is 39.2 Å². The summed E-state index contributed by atoms with van der Waals surface area (Å²) in [7, 11) is -2.91. The van der Waals surface area contributed by atoms with Gasteiger partial charge in [-0.05, 0) is 31.7 Å². The number of hydrogen-bond acceptors (Lipinski definition) is 3. The summed E-state index contributed by atoms with van der Waals surface area (Å²) >= 11 is 0. The molecule has 0 fully saturated rings. The molecule has 4 heteroatoms. The quantitative estimate of drug-likeness (QED) is 0.824. The van der Waals surface area contributed by atoms with E-state index in [1.165, 1.54) is 11.1 Å². The third-order valence-electron chi connectivity index (χ3n) is 2.93. The van der Waals surface area contributed by atoms with Gasteiger partial charge < -0.3 is 5.73 Å². The molecule has 0 saturated heterocycles. The summed E-state index contributed by atoms with van der Waals surface area (Å²) in [5.41, 5.74) is 8.37. The minimum atomic E-state index is -2.91. The van der Waals surface area contributed by atoms with Crippen LogP contribution in [0, 0.1) is 6.92 Å². The predicted molar refractivity (Wildman–Crippen MR) is 76.4 cm³/mol. The molecule has 1 aromatic carbocycles. The van der Waals surface area contributed by atoms with Crippen LogP contribution < -0.4 is 5.73 Å². The molecule has 102 valence electrons. The van der Waals surface area contributed by atoms with E-state index in [0.29, 0.717) is 12.8 Å². The molecular formula is C14H23NO2S. The first kappa shape index (κ1) is 15.2. The minimum absolute atomic E-state index is 0.0839. The lowest BCUT2D eigenvalue weighted by Crippen LogP contribution is -2.26. The highest BCUT2D eigenvalue weighted by Gasteiger charge is 2.12. The molecular weight excluding hydrogens is 246 g/mol. The maximum absolute atomic E-state index is 11.6. The SMILES string of the molecule is CCCS(=O)(=O)CCC(N)Cc1ccc(C)cc1. The fourth-order valence-corrected chi connectivity index (χ4v) is 3.36. The summed E-state index contributed by atoms with van der Waals surface area (Å²) in [5, 5.41) is 0. The largest absolute Gasteiger partial charge is 0.327 e. The van der Waals surface area contributed by atoms with Crippen LogP contribution in [0.3, 0.4) is 0 Å². The Morgan fingerprint density at radius 1 is 1.17 bits per heavy atom. The van der Waals surface area contributed by atoms with Gasteiger partial charge in [-0.15, -0.1) is 0 Å². The molecule has 1 unspecified atom stereocenters. The number of aryl methyl sites for hydroxylation is 1. The van der Waals surface area contributed by atoms with E-state index in [2.05, 4.69) is 24.3 Å². The zero-order chi connectivity index (χ0) is 13.6. The fraction of sp³-hybridized carbons (Fsp3) is 0.571. The molecule has 0 heterocycles. The Morgan fingerprint density at radius 3 is 2.33 bits per heavy atom. The highest BCUT2D eigenvalue weighted by molar-refractivity contribution is 7.91. The highest BCUT2D eigenvalue weighted by Crippen LogP contribution is 2.08. The van der Waals surface area contributed by atoms with Gasteiger partial charge in [-0.2, -0.15) is 0 Å². The van der Waals surface area contributed by atoms with Crippen LogP contribution in [0.2, 0.25) is 0 Å². The Hall–Kier alpha value is -0.870. The number of benzene rings is 1. The Labute approximate surface area is 110 Å². The predicted octanol–water partition coefficient (Wildman–Crippen LogP) is 2.08. The standard InChI is InChI=1S/C14H23NO2S/c1-3-9-18(16,17)10-8-14(15)11-13-6-4-12(2)5-7-13/h4-7,14H,3,8-11,15H2,1-2H3. The van der Waals surface area contributed by atoms with E-state index < -0.39 is 9.84 Å². The summed E-state index contributed by atoms with van der Waals surface area (Å²) in [6.07, 6.45) is 1.95. The van der Waals surface area contributed by atoms with Crippen molar-refractivity contribution in [1.82, 2.24) is 0 Å². The Bertz CT molecular complexity index is 451. The van der Waals surface area contributed by atoms with Crippen LogP contribution in [-0.4, -0.2) is 26.0 Å². The van der Waals surface area contributed by atoms with Crippen molar-refractivity contribution in [1.29, 1.82) is 0 Å². The van der Waals surface area contributed by atoms with Gasteiger partial charge >= 0.3 is 0 Å². The van der Waals surface area contributed by atoms with Gasteiger partial charge in [0.1, 0.15) is 9.84 Å². The second kappa shape index (κ2) is 6.90. The second-order valence-electron chi connectivity index (χ2n) is 4.89. The van der Waals surface area contributed by atoms with Gasteiger partial charge in [-0.3, -0.25) is 0 Å². The van der Waals surface area contributed by atoms with Crippen LogP contribution in [0.5, 0.6) is 0 Å². The van der Waals surface area contributed by atoms with Crippen molar-refractivity contribution in [3.8, 4) is 0 Å². The summed E-state index contributed by atoms with van der Waals surface area (Å²) in [5.74, 6) is 0.470. The molecule has 18 heavy (non-hydrogen) atoms. The van der Waals surface area contributed by atoms with Crippen LogP contribution in [-0.2, 0) is 16.3 Å². The Kier molecular flexibility index (Phi) is 5.82.